The van der Waals surface area contributed by atoms with Crippen LogP contribution >= 0.6 is 0 Å². The van der Waals surface area contributed by atoms with E-state index < -0.39 is 10.0 Å². The number of sulfonamides is 1. The smallest absolute Gasteiger partial charge is 0.247 e. The van der Waals surface area contributed by atoms with E-state index in [9.17, 15) is 8.42 Å². The van der Waals surface area contributed by atoms with Gasteiger partial charge in [0.15, 0.2) is 5.65 Å². The first-order valence-corrected chi connectivity index (χ1v) is 9.53. The highest BCUT2D eigenvalue weighted by Gasteiger charge is 2.28. The number of fused-ring (bicyclic) bond motifs is 1. The van der Waals surface area contributed by atoms with Crippen molar-refractivity contribution in [3.8, 4) is 0 Å². The van der Waals surface area contributed by atoms with E-state index >= 15 is 0 Å². The third kappa shape index (κ3) is 3.14. The average molecular weight is 365 g/mol. The van der Waals surface area contributed by atoms with E-state index in [4.69, 9.17) is 0 Å². The zero-order valence-electron chi connectivity index (χ0n) is 13.6. The van der Waals surface area contributed by atoms with E-state index in [1.165, 1.54) is 4.31 Å². The number of benzene rings is 1. The molecule has 8 heteroatoms. The van der Waals surface area contributed by atoms with Gasteiger partial charge in [-0.3, -0.25) is 4.98 Å². The number of aromatic nitrogens is 4. The number of pyridine rings is 2. The zero-order valence-corrected chi connectivity index (χ0v) is 14.5. The van der Waals surface area contributed by atoms with Gasteiger partial charge in [-0.1, -0.05) is 24.3 Å². The molecule has 0 unspecified atom stereocenters. The summed E-state index contributed by atoms with van der Waals surface area (Å²) in [4.78, 5) is 15.7. The zero-order chi connectivity index (χ0) is 18.0. The Kier molecular flexibility index (Phi) is 4.10. The van der Waals surface area contributed by atoms with Crippen LogP contribution in [0, 0.1) is 0 Å². The highest BCUT2D eigenvalue weighted by Crippen LogP contribution is 2.29. The van der Waals surface area contributed by atoms with Crippen LogP contribution in [0.1, 0.15) is 5.69 Å². The van der Waals surface area contributed by atoms with E-state index in [1.807, 2.05) is 6.07 Å². The topological polar surface area (TPSA) is 91.8 Å². The normalized spacial score (nSPS) is 11.5. The summed E-state index contributed by atoms with van der Waals surface area (Å²) < 4.78 is 27.6. The first-order chi connectivity index (χ1) is 12.6. The number of aromatic amines is 1. The lowest BCUT2D eigenvalue weighted by Crippen LogP contribution is -2.28. The molecule has 1 N–H and O–H groups in total. The van der Waals surface area contributed by atoms with Crippen molar-refractivity contribution < 1.29 is 8.42 Å². The van der Waals surface area contributed by atoms with Gasteiger partial charge in [-0.25, -0.2) is 17.7 Å². The van der Waals surface area contributed by atoms with Crippen molar-refractivity contribution in [3.05, 3.63) is 78.8 Å². The summed E-state index contributed by atoms with van der Waals surface area (Å²) in [5.41, 5.74) is 2.07. The monoisotopic (exact) mass is 365 g/mol. The maximum Gasteiger partial charge on any atom is 0.247 e. The van der Waals surface area contributed by atoms with E-state index in [0.717, 1.165) is 0 Å². The fraction of sp³-hybridized carbons (Fsp3) is 0.0556. The molecule has 0 saturated heterocycles. The second-order valence-corrected chi connectivity index (χ2v) is 7.43. The molecular formula is C18H15N5O2S. The molecule has 3 aromatic heterocycles. The Morgan fingerprint density at radius 3 is 2.38 bits per heavy atom. The van der Waals surface area contributed by atoms with Crippen LogP contribution in [0.15, 0.2) is 73.1 Å². The Bertz CT molecular complexity index is 1090. The van der Waals surface area contributed by atoms with Crippen LogP contribution in [0.5, 0.6) is 0 Å². The van der Waals surface area contributed by atoms with Crippen molar-refractivity contribution in [1.29, 1.82) is 0 Å². The molecule has 26 heavy (non-hydrogen) atoms. The van der Waals surface area contributed by atoms with Gasteiger partial charge in [-0.2, -0.15) is 4.98 Å². The maximum absolute atomic E-state index is 13.2. The molecule has 0 fully saturated rings. The van der Waals surface area contributed by atoms with Crippen molar-refractivity contribution >= 4 is 32.8 Å². The summed E-state index contributed by atoms with van der Waals surface area (Å²) in [6, 6.07) is 17.6. The Morgan fingerprint density at radius 1 is 0.885 bits per heavy atom. The predicted octanol–water partition coefficient (Wildman–Crippen LogP) is 3.02. The SMILES string of the molecule is O=S(=O)(Cc1ccccn1)N(c1ccccc1)c1nc2ncccc2[nH]1. The van der Waals surface area contributed by atoms with Gasteiger partial charge in [0.05, 0.1) is 16.9 Å². The molecule has 0 aliphatic carbocycles. The van der Waals surface area contributed by atoms with Gasteiger partial charge in [0, 0.05) is 12.4 Å². The van der Waals surface area contributed by atoms with Crippen LogP contribution in [-0.2, 0) is 15.8 Å². The molecule has 0 spiro atoms. The summed E-state index contributed by atoms with van der Waals surface area (Å²) in [5.74, 6) is -0.0476. The predicted molar refractivity (Wildman–Crippen MR) is 99.3 cm³/mol. The van der Waals surface area contributed by atoms with Gasteiger partial charge in [-0.15, -0.1) is 0 Å². The maximum atomic E-state index is 13.2. The van der Waals surface area contributed by atoms with Gasteiger partial charge in [0.1, 0.15) is 5.75 Å². The number of H-pyrrole nitrogens is 1. The number of nitrogens with one attached hydrogen (secondary N) is 1. The largest absolute Gasteiger partial charge is 0.321 e. The standard InChI is InChI=1S/C18H15N5O2S/c24-26(25,13-14-7-4-5-11-19-14)23(15-8-2-1-3-9-15)18-21-16-10-6-12-20-17(16)22-18/h1-12H,13H2,(H,20,21,22). The van der Waals surface area contributed by atoms with E-state index in [2.05, 4.69) is 19.9 Å². The highest BCUT2D eigenvalue weighted by molar-refractivity contribution is 7.92. The van der Waals surface area contributed by atoms with Gasteiger partial charge in [-0.05, 0) is 36.4 Å². The van der Waals surface area contributed by atoms with Crippen LogP contribution < -0.4 is 4.31 Å². The first kappa shape index (κ1) is 16.2. The second kappa shape index (κ2) is 6.57. The van der Waals surface area contributed by atoms with E-state index in [-0.39, 0.29) is 11.7 Å². The van der Waals surface area contributed by atoms with Gasteiger partial charge >= 0.3 is 0 Å². The van der Waals surface area contributed by atoms with Crippen molar-refractivity contribution in [2.75, 3.05) is 4.31 Å². The van der Waals surface area contributed by atoms with Crippen LogP contribution in [0.25, 0.3) is 11.2 Å². The number of para-hydroxylation sites is 1. The molecule has 0 bridgehead atoms. The summed E-state index contributed by atoms with van der Waals surface area (Å²) in [7, 11) is -3.78. The molecule has 4 aromatic rings. The van der Waals surface area contributed by atoms with Crippen molar-refractivity contribution in [3.63, 3.8) is 0 Å². The third-order valence-corrected chi connectivity index (χ3v) is 5.36. The van der Waals surface area contributed by atoms with Crippen LogP contribution in [0.4, 0.5) is 11.6 Å². The molecule has 4 rings (SSSR count). The lowest BCUT2D eigenvalue weighted by atomic mass is 10.3. The number of nitrogens with zero attached hydrogens (tertiary/aromatic N) is 4. The first-order valence-electron chi connectivity index (χ1n) is 7.92. The summed E-state index contributed by atoms with van der Waals surface area (Å²) in [6.07, 6.45) is 3.19. The molecule has 0 radical (unpaired) electrons. The third-order valence-electron chi connectivity index (χ3n) is 3.76. The number of imidazole rings is 1. The molecule has 0 aliphatic heterocycles. The van der Waals surface area contributed by atoms with Crippen molar-refractivity contribution in [2.24, 2.45) is 0 Å². The number of rotatable bonds is 5. The number of hydrogen-bond donors (Lipinski definition) is 1. The average Bonchev–Trinajstić information content (AvgIpc) is 3.06. The Balaban J connectivity index is 1.83. The van der Waals surface area contributed by atoms with Crippen LogP contribution in [0.3, 0.4) is 0 Å². The van der Waals surface area contributed by atoms with E-state index in [1.54, 1.807) is 67.0 Å². The molecule has 0 aliphatic rings. The van der Waals surface area contributed by atoms with Gasteiger partial charge in [0.2, 0.25) is 16.0 Å². The lowest BCUT2D eigenvalue weighted by molar-refractivity contribution is 0.594. The van der Waals surface area contributed by atoms with Gasteiger partial charge in [0.25, 0.3) is 0 Å². The fourth-order valence-corrected chi connectivity index (χ4v) is 4.11. The van der Waals surface area contributed by atoms with Crippen LogP contribution in [-0.4, -0.2) is 28.4 Å². The van der Waals surface area contributed by atoms with Crippen molar-refractivity contribution in [2.45, 2.75) is 5.75 Å². The summed E-state index contributed by atoms with van der Waals surface area (Å²) >= 11 is 0. The second-order valence-electron chi connectivity index (χ2n) is 5.61. The van der Waals surface area contributed by atoms with Crippen LogP contribution in [0.2, 0.25) is 0 Å². The molecule has 130 valence electrons. The minimum Gasteiger partial charge on any atom is -0.321 e. The lowest BCUT2D eigenvalue weighted by Gasteiger charge is -2.21. The Labute approximate surface area is 150 Å². The Morgan fingerprint density at radius 2 is 1.65 bits per heavy atom. The quantitative estimate of drug-likeness (QED) is 0.587. The molecule has 7 nitrogen and oxygen atoms in total. The molecule has 1 aromatic carbocycles. The highest BCUT2D eigenvalue weighted by atomic mass is 32.2. The summed E-state index contributed by atoms with van der Waals surface area (Å²) in [5, 5.41) is 0. The minimum absolute atomic E-state index is 0.195. The minimum atomic E-state index is -3.78. The van der Waals surface area contributed by atoms with Crippen molar-refractivity contribution in [1.82, 2.24) is 19.9 Å². The number of hydrogen-bond acceptors (Lipinski definition) is 5. The Hall–Kier alpha value is -3.26. The molecule has 0 atom stereocenters. The fourth-order valence-electron chi connectivity index (χ4n) is 2.64. The molecule has 0 saturated carbocycles. The summed E-state index contributed by atoms with van der Waals surface area (Å²) in [6.45, 7) is 0. The number of anilines is 2. The molecular weight excluding hydrogens is 350 g/mol. The molecule has 3 heterocycles. The molecule has 0 amide bonds. The van der Waals surface area contributed by atoms with E-state index in [0.29, 0.717) is 22.5 Å². The van der Waals surface area contributed by atoms with Gasteiger partial charge < -0.3 is 4.98 Å².